The van der Waals surface area contributed by atoms with E-state index in [1.165, 1.54) is 0 Å². The van der Waals surface area contributed by atoms with Crippen molar-refractivity contribution < 1.29 is 23.4 Å². The van der Waals surface area contributed by atoms with Gasteiger partial charge < -0.3 is 10.1 Å². The summed E-state index contributed by atoms with van der Waals surface area (Å²) in [5.74, 6) is -0.459. The van der Waals surface area contributed by atoms with E-state index in [9.17, 15) is 19.9 Å². The highest BCUT2D eigenvalue weighted by Gasteiger charge is 2.27. The molecule has 0 unspecified atom stereocenters. The van der Waals surface area contributed by atoms with Gasteiger partial charge in [0, 0.05) is 11.1 Å². The molecule has 0 bridgehead atoms. The smallest absolute Gasteiger partial charge is 0.358 e. The molecule has 0 radical (unpaired) electrons. The van der Waals surface area contributed by atoms with E-state index in [-0.39, 0.29) is 15.4 Å². The summed E-state index contributed by atoms with van der Waals surface area (Å²) in [7, 11) is 0. The molecule has 2 aromatic carbocycles. The van der Waals surface area contributed by atoms with Crippen LogP contribution in [-0.4, -0.2) is 15.2 Å². The first-order chi connectivity index (χ1) is 13.9. The van der Waals surface area contributed by atoms with Crippen molar-refractivity contribution in [3.63, 3.8) is 0 Å². The lowest BCUT2D eigenvalue weighted by atomic mass is 10.1. The monoisotopic (exact) mass is 419 g/mol. The zero-order chi connectivity index (χ0) is 21.0. The maximum atomic E-state index is 11.2. The molecule has 0 saturated heterocycles. The standard InChI is InChI=1S/C9H8N3O4.C8H6ClN2O2/c1-6-2-4-7(5-3-6)8-9(11(13)14)10-16-12(8)15;9-8-7(11(12)13-10-8)6-4-2-1-3-5-6/h2-5,10H,1H3;1-5,10H/q2*+1. The highest BCUT2D eigenvalue weighted by molar-refractivity contribution is 6.31. The van der Waals surface area contributed by atoms with Crippen LogP contribution in [0.3, 0.4) is 0 Å². The maximum absolute atomic E-state index is 11.2. The van der Waals surface area contributed by atoms with Gasteiger partial charge in [-0.05, 0) is 50.6 Å². The molecule has 0 saturated carbocycles. The SMILES string of the molecule is Cc1ccc(-c2c([N+](=O)[O-])[nH]o[n+]2=O)cc1.O=[n+]1o[nH]c(Cl)c1-c1ccccc1. The molecule has 0 aliphatic carbocycles. The Morgan fingerprint density at radius 1 is 0.897 bits per heavy atom. The molecule has 12 heteroatoms. The largest absolute Gasteiger partial charge is 0.415 e. The van der Waals surface area contributed by atoms with Gasteiger partial charge in [0.15, 0.2) is 9.20 Å². The van der Waals surface area contributed by atoms with E-state index in [2.05, 4.69) is 14.4 Å². The summed E-state index contributed by atoms with van der Waals surface area (Å²) in [6, 6.07) is 15.8. The van der Waals surface area contributed by atoms with Crippen molar-refractivity contribution in [1.29, 1.82) is 0 Å². The number of benzene rings is 2. The number of aromatic amines is 2. The van der Waals surface area contributed by atoms with Gasteiger partial charge in [0.1, 0.15) is 0 Å². The lowest BCUT2D eigenvalue weighted by Gasteiger charge is -1.94. The number of aryl methyl sites for hydroxylation is 1. The normalized spacial score (nSPS) is 10.3. The van der Waals surface area contributed by atoms with Gasteiger partial charge in [0.05, 0.1) is 0 Å². The highest BCUT2D eigenvalue weighted by atomic mass is 35.5. The molecule has 0 spiro atoms. The molecule has 0 fully saturated rings. The van der Waals surface area contributed by atoms with Crippen molar-refractivity contribution in [2.24, 2.45) is 0 Å². The molecule has 2 aromatic heterocycles. The Kier molecular flexibility index (Phi) is 5.69. The second-order valence-electron chi connectivity index (χ2n) is 5.75. The first-order valence-electron chi connectivity index (χ1n) is 8.10. The number of hydrogen-bond acceptors (Lipinski definition) is 6. The van der Waals surface area contributed by atoms with Crippen LogP contribution in [0.2, 0.25) is 5.15 Å². The summed E-state index contributed by atoms with van der Waals surface area (Å²) < 4.78 is 9.22. The zero-order valence-corrected chi connectivity index (χ0v) is 15.6. The van der Waals surface area contributed by atoms with Crippen LogP contribution in [0, 0.1) is 26.9 Å². The van der Waals surface area contributed by atoms with Crippen LogP contribution in [0.25, 0.3) is 22.5 Å². The van der Waals surface area contributed by atoms with Gasteiger partial charge >= 0.3 is 11.5 Å². The Hall–Kier alpha value is -3.99. The van der Waals surface area contributed by atoms with Crippen LogP contribution in [0.4, 0.5) is 5.82 Å². The molecule has 11 nitrogen and oxygen atoms in total. The molecule has 0 aliphatic heterocycles. The number of aromatic nitrogens is 4. The molecular formula is C17H14ClN5O6+2. The van der Waals surface area contributed by atoms with Crippen LogP contribution in [0.15, 0.2) is 63.9 Å². The summed E-state index contributed by atoms with van der Waals surface area (Å²) in [6.45, 7) is 1.88. The average molecular weight is 420 g/mol. The summed E-state index contributed by atoms with van der Waals surface area (Å²) >= 11 is 5.71. The van der Waals surface area contributed by atoms with E-state index in [4.69, 9.17) is 11.6 Å². The van der Waals surface area contributed by atoms with E-state index in [0.29, 0.717) is 21.4 Å². The summed E-state index contributed by atoms with van der Waals surface area (Å²) in [5, 5.41) is 15.1. The predicted molar refractivity (Wildman–Crippen MR) is 100 cm³/mol. The van der Waals surface area contributed by atoms with Gasteiger partial charge in [0.2, 0.25) is 0 Å². The van der Waals surface area contributed by atoms with E-state index < -0.39 is 10.7 Å². The van der Waals surface area contributed by atoms with E-state index in [1.807, 2.05) is 30.3 Å². The van der Waals surface area contributed by atoms with Gasteiger partial charge in [-0.1, -0.05) is 62.4 Å². The lowest BCUT2D eigenvalue weighted by molar-refractivity contribution is -0.704. The number of hydrogen-bond donors (Lipinski definition) is 2. The second-order valence-corrected chi connectivity index (χ2v) is 6.13. The van der Waals surface area contributed by atoms with Gasteiger partial charge in [-0.15, -0.1) is 0 Å². The van der Waals surface area contributed by atoms with Crippen LogP contribution in [-0.2, 0) is 0 Å². The first kappa shape index (κ1) is 19.8. The number of nitro groups is 1. The lowest BCUT2D eigenvalue weighted by Crippen LogP contribution is -2.12. The molecule has 4 aromatic rings. The van der Waals surface area contributed by atoms with Crippen molar-refractivity contribution in [3.8, 4) is 22.5 Å². The fourth-order valence-corrected chi connectivity index (χ4v) is 2.64. The van der Waals surface area contributed by atoms with Gasteiger partial charge in [0.25, 0.3) is 10.8 Å². The van der Waals surface area contributed by atoms with Gasteiger partial charge in [-0.2, -0.15) is 0 Å². The Morgan fingerprint density at radius 2 is 1.45 bits per heavy atom. The molecule has 4 rings (SSSR count). The summed E-state index contributed by atoms with van der Waals surface area (Å²) in [6.07, 6.45) is 0. The van der Waals surface area contributed by atoms with Crippen LogP contribution < -0.4 is 9.20 Å². The Labute approximate surface area is 166 Å². The molecular weight excluding hydrogens is 406 g/mol. The van der Waals surface area contributed by atoms with Crippen molar-refractivity contribution in [1.82, 2.24) is 10.3 Å². The van der Waals surface area contributed by atoms with Crippen molar-refractivity contribution in [2.45, 2.75) is 6.92 Å². The number of rotatable bonds is 3. The molecule has 0 amide bonds. The zero-order valence-electron chi connectivity index (χ0n) is 14.9. The number of H-pyrrole nitrogens is 2. The van der Waals surface area contributed by atoms with Crippen molar-refractivity contribution in [3.05, 3.63) is 85.2 Å². The Morgan fingerprint density at radius 3 is 2.00 bits per heavy atom. The predicted octanol–water partition coefficient (Wildman–Crippen LogP) is 3.25. The second kappa shape index (κ2) is 8.35. The Bertz CT molecular complexity index is 1240. The minimum atomic E-state index is -0.701. The van der Waals surface area contributed by atoms with Crippen LogP contribution >= 0.6 is 11.6 Å². The van der Waals surface area contributed by atoms with Gasteiger partial charge in [-0.25, -0.2) is 0 Å². The third-order valence-corrected chi connectivity index (χ3v) is 4.05. The first-order valence-corrected chi connectivity index (χ1v) is 8.47. The minimum absolute atomic E-state index is 0.0861. The number of halogens is 1. The van der Waals surface area contributed by atoms with Crippen LogP contribution in [0.1, 0.15) is 5.56 Å². The fraction of sp³-hybridized carbons (Fsp3) is 0.0588. The van der Waals surface area contributed by atoms with E-state index in [1.54, 1.807) is 36.4 Å². The average Bonchev–Trinajstić information content (AvgIpc) is 3.26. The number of nitrogens with one attached hydrogen (secondary N) is 2. The third-order valence-electron chi connectivity index (χ3n) is 3.80. The van der Waals surface area contributed by atoms with E-state index >= 15 is 0 Å². The summed E-state index contributed by atoms with van der Waals surface area (Å²) in [4.78, 5) is 32.3. The van der Waals surface area contributed by atoms with Crippen molar-refractivity contribution >= 4 is 17.4 Å². The quantitative estimate of drug-likeness (QED) is 0.384. The van der Waals surface area contributed by atoms with Gasteiger partial charge in [-0.3, -0.25) is 0 Å². The molecule has 0 aliphatic rings. The van der Waals surface area contributed by atoms with Crippen molar-refractivity contribution in [2.75, 3.05) is 0 Å². The maximum Gasteiger partial charge on any atom is 0.415 e. The van der Waals surface area contributed by atoms with E-state index in [0.717, 1.165) is 5.56 Å². The summed E-state index contributed by atoms with van der Waals surface area (Å²) in [5.41, 5.74) is 2.30. The topological polar surface area (TPSA) is 147 Å². The molecule has 148 valence electrons. The molecule has 29 heavy (non-hydrogen) atoms. The molecule has 2 N–H and O–H groups in total. The third kappa shape index (κ3) is 4.30. The molecule has 0 atom stereocenters. The fourth-order valence-electron chi connectivity index (χ4n) is 2.43. The molecule has 2 heterocycles. The minimum Gasteiger partial charge on any atom is -0.358 e. The van der Waals surface area contributed by atoms with Crippen LogP contribution in [0.5, 0.6) is 0 Å². The number of nitrogens with zero attached hydrogens (tertiary/aromatic N) is 3. The highest BCUT2D eigenvalue weighted by Crippen LogP contribution is 2.24. The Balaban J connectivity index is 0.000000169.